The molecule has 0 aliphatic carbocycles. The Bertz CT molecular complexity index is 410. The van der Waals surface area contributed by atoms with Gasteiger partial charge in [0.1, 0.15) is 0 Å². The van der Waals surface area contributed by atoms with Gasteiger partial charge in [0, 0.05) is 6.04 Å². The molecule has 6 nitrogen and oxygen atoms in total. The summed E-state index contributed by atoms with van der Waals surface area (Å²) in [6.45, 7) is 6.42. The number of hydrogen-bond donors (Lipinski definition) is 2. The van der Waals surface area contributed by atoms with Crippen LogP contribution in [0.1, 0.15) is 65.2 Å². The van der Waals surface area contributed by atoms with Crippen molar-refractivity contribution >= 4 is 11.8 Å². The van der Waals surface area contributed by atoms with Crippen molar-refractivity contribution in [1.82, 2.24) is 15.1 Å². The number of nitrogens with two attached hydrogens (primary N) is 1. The molecule has 0 saturated carbocycles. The maximum Gasteiger partial charge on any atom is 0.237 e. The van der Waals surface area contributed by atoms with E-state index in [-0.39, 0.29) is 23.9 Å². The summed E-state index contributed by atoms with van der Waals surface area (Å²) in [7, 11) is 3.98. The van der Waals surface area contributed by atoms with E-state index in [9.17, 15) is 9.59 Å². The first-order valence-electron chi connectivity index (χ1n) is 9.90. The number of nitrogens with one attached hydrogen (secondary N) is 1. The number of carbonyl (C=O) groups excluding carboxylic acids is 2. The highest BCUT2D eigenvalue weighted by molar-refractivity contribution is 5.82. The highest BCUT2D eigenvalue weighted by Crippen LogP contribution is 2.16. The second kappa shape index (κ2) is 11.5. The molecule has 146 valence electrons. The van der Waals surface area contributed by atoms with E-state index in [1.807, 2.05) is 19.0 Å². The Balaban J connectivity index is 0.000000293. The van der Waals surface area contributed by atoms with Crippen LogP contribution in [0.4, 0.5) is 0 Å². The van der Waals surface area contributed by atoms with E-state index < -0.39 is 0 Å². The summed E-state index contributed by atoms with van der Waals surface area (Å²) in [5.74, 6) is 0.0573. The van der Waals surface area contributed by atoms with E-state index in [2.05, 4.69) is 24.1 Å². The predicted octanol–water partition coefficient (Wildman–Crippen LogP) is 1.73. The Morgan fingerprint density at radius 2 is 1.48 bits per heavy atom. The SMILES string of the molecule is CCCC(CCC)NC(=O)[C@@H]1CCCN1C.CN1CCC[C@H]1C(N)=O. The summed E-state index contributed by atoms with van der Waals surface area (Å²) in [5, 5.41) is 3.21. The van der Waals surface area contributed by atoms with E-state index in [0.29, 0.717) is 6.04 Å². The highest BCUT2D eigenvalue weighted by atomic mass is 16.2. The van der Waals surface area contributed by atoms with Crippen LogP contribution >= 0.6 is 0 Å². The number of primary amides is 1. The molecule has 0 bridgehead atoms. The fourth-order valence-electron chi connectivity index (χ4n) is 3.79. The minimum absolute atomic E-state index is 0.00463. The summed E-state index contributed by atoms with van der Waals surface area (Å²) in [4.78, 5) is 26.8. The molecule has 0 radical (unpaired) electrons. The first-order valence-corrected chi connectivity index (χ1v) is 9.90. The molecule has 2 aliphatic heterocycles. The number of amides is 2. The van der Waals surface area contributed by atoms with Crippen LogP contribution in [0, 0.1) is 0 Å². The third-order valence-corrected chi connectivity index (χ3v) is 5.29. The number of hydrogen-bond acceptors (Lipinski definition) is 4. The van der Waals surface area contributed by atoms with E-state index in [4.69, 9.17) is 5.73 Å². The molecule has 2 amide bonds. The van der Waals surface area contributed by atoms with Crippen molar-refractivity contribution in [2.24, 2.45) is 5.73 Å². The second-order valence-electron chi connectivity index (χ2n) is 7.46. The number of carbonyl (C=O) groups is 2. The Morgan fingerprint density at radius 1 is 1.00 bits per heavy atom. The Labute approximate surface area is 153 Å². The molecule has 2 fully saturated rings. The van der Waals surface area contributed by atoms with Crippen molar-refractivity contribution in [3.05, 3.63) is 0 Å². The lowest BCUT2D eigenvalue weighted by atomic mass is 10.1. The predicted molar refractivity (Wildman–Crippen MR) is 102 cm³/mol. The third kappa shape index (κ3) is 7.32. The summed E-state index contributed by atoms with van der Waals surface area (Å²) >= 11 is 0. The number of likely N-dealkylation sites (N-methyl/N-ethyl adjacent to an activating group) is 2. The lowest BCUT2D eigenvalue weighted by Crippen LogP contribution is -2.45. The van der Waals surface area contributed by atoms with Crippen LogP contribution in [-0.4, -0.2) is 66.9 Å². The zero-order valence-corrected chi connectivity index (χ0v) is 16.6. The molecule has 25 heavy (non-hydrogen) atoms. The van der Waals surface area contributed by atoms with Gasteiger partial charge in [-0.2, -0.15) is 0 Å². The normalized spacial score (nSPS) is 24.2. The molecular formula is C19H38N4O2. The Morgan fingerprint density at radius 3 is 1.80 bits per heavy atom. The average molecular weight is 355 g/mol. The number of nitrogens with zero attached hydrogens (tertiary/aromatic N) is 2. The zero-order chi connectivity index (χ0) is 18.8. The molecule has 0 spiro atoms. The van der Waals surface area contributed by atoms with Crippen molar-refractivity contribution in [2.45, 2.75) is 83.3 Å². The molecule has 2 aliphatic rings. The lowest BCUT2D eigenvalue weighted by molar-refractivity contribution is -0.126. The van der Waals surface area contributed by atoms with Crippen molar-refractivity contribution in [3.63, 3.8) is 0 Å². The van der Waals surface area contributed by atoms with Gasteiger partial charge in [-0.15, -0.1) is 0 Å². The standard InChI is InChI=1S/C13H26N2O.C6H12N2O/c1-4-7-11(8-5-2)14-13(16)12-9-6-10-15(12)3;1-8-4-2-3-5(8)6(7)9/h11-12H,4-10H2,1-3H3,(H,14,16);5H,2-4H2,1H3,(H2,7,9)/t12-;5-/m00/s1. The summed E-state index contributed by atoms with van der Waals surface area (Å²) in [6, 6.07) is 0.512. The summed E-state index contributed by atoms with van der Waals surface area (Å²) in [6.07, 6.45) is 8.72. The van der Waals surface area contributed by atoms with Gasteiger partial charge in [0.25, 0.3) is 0 Å². The molecule has 2 heterocycles. The third-order valence-electron chi connectivity index (χ3n) is 5.29. The van der Waals surface area contributed by atoms with Crippen LogP contribution in [0.25, 0.3) is 0 Å². The van der Waals surface area contributed by atoms with Crippen LogP contribution < -0.4 is 11.1 Å². The maximum absolute atomic E-state index is 12.1. The first-order chi connectivity index (χ1) is 11.9. The molecule has 2 saturated heterocycles. The molecular weight excluding hydrogens is 316 g/mol. The molecule has 0 aromatic heterocycles. The molecule has 6 heteroatoms. The summed E-state index contributed by atoms with van der Waals surface area (Å²) < 4.78 is 0. The van der Waals surface area contributed by atoms with Crippen molar-refractivity contribution in [1.29, 1.82) is 0 Å². The number of rotatable bonds is 7. The highest BCUT2D eigenvalue weighted by Gasteiger charge is 2.28. The van der Waals surface area contributed by atoms with Gasteiger partial charge < -0.3 is 11.1 Å². The molecule has 0 aromatic carbocycles. The largest absolute Gasteiger partial charge is 0.368 e. The number of likely N-dealkylation sites (tertiary alicyclic amines) is 2. The smallest absolute Gasteiger partial charge is 0.237 e. The lowest BCUT2D eigenvalue weighted by Gasteiger charge is -2.23. The van der Waals surface area contributed by atoms with E-state index in [1.54, 1.807) is 0 Å². The van der Waals surface area contributed by atoms with Crippen molar-refractivity contribution in [3.8, 4) is 0 Å². The minimum atomic E-state index is -0.185. The van der Waals surface area contributed by atoms with Gasteiger partial charge in [0.2, 0.25) is 11.8 Å². The van der Waals surface area contributed by atoms with Crippen LogP contribution in [-0.2, 0) is 9.59 Å². The second-order valence-corrected chi connectivity index (χ2v) is 7.46. The molecule has 2 atom stereocenters. The zero-order valence-electron chi connectivity index (χ0n) is 16.6. The van der Waals surface area contributed by atoms with Crippen molar-refractivity contribution < 1.29 is 9.59 Å². The Hall–Kier alpha value is -1.14. The molecule has 0 aromatic rings. The van der Waals surface area contributed by atoms with Crippen LogP contribution in [0.15, 0.2) is 0 Å². The van der Waals surface area contributed by atoms with E-state index in [1.165, 1.54) is 0 Å². The molecule has 2 rings (SSSR count). The van der Waals surface area contributed by atoms with Gasteiger partial charge in [-0.1, -0.05) is 26.7 Å². The molecule has 3 N–H and O–H groups in total. The van der Waals surface area contributed by atoms with Gasteiger partial charge in [0.15, 0.2) is 0 Å². The van der Waals surface area contributed by atoms with E-state index >= 15 is 0 Å². The fourth-order valence-corrected chi connectivity index (χ4v) is 3.79. The fraction of sp³-hybridized carbons (Fsp3) is 0.895. The van der Waals surface area contributed by atoms with E-state index in [0.717, 1.165) is 64.5 Å². The van der Waals surface area contributed by atoms with Gasteiger partial charge in [-0.05, 0) is 65.7 Å². The minimum Gasteiger partial charge on any atom is -0.368 e. The topological polar surface area (TPSA) is 78.7 Å². The van der Waals surface area contributed by atoms with Crippen LogP contribution in [0.2, 0.25) is 0 Å². The average Bonchev–Trinajstić information content (AvgIpc) is 3.16. The van der Waals surface area contributed by atoms with Gasteiger partial charge in [-0.25, -0.2) is 0 Å². The maximum atomic E-state index is 12.1. The summed E-state index contributed by atoms with van der Waals surface area (Å²) in [5.41, 5.74) is 5.11. The van der Waals surface area contributed by atoms with Crippen LogP contribution in [0.5, 0.6) is 0 Å². The molecule has 0 unspecified atom stereocenters. The van der Waals surface area contributed by atoms with Crippen molar-refractivity contribution in [2.75, 3.05) is 27.2 Å². The van der Waals surface area contributed by atoms with Gasteiger partial charge in [0.05, 0.1) is 12.1 Å². The monoisotopic (exact) mass is 354 g/mol. The first kappa shape index (κ1) is 21.9. The van der Waals surface area contributed by atoms with Crippen LogP contribution in [0.3, 0.4) is 0 Å². The van der Waals surface area contributed by atoms with Gasteiger partial charge >= 0.3 is 0 Å². The van der Waals surface area contributed by atoms with Gasteiger partial charge in [-0.3, -0.25) is 19.4 Å². The quantitative estimate of drug-likeness (QED) is 0.730. The Kier molecular flexibility index (Phi) is 10.0.